The summed E-state index contributed by atoms with van der Waals surface area (Å²) in [5.41, 5.74) is -1.49. The number of methoxy groups -OCH3 is 1. The lowest BCUT2D eigenvalue weighted by Crippen LogP contribution is -2.60. The summed E-state index contributed by atoms with van der Waals surface area (Å²) in [7, 11) is 1.25. The van der Waals surface area contributed by atoms with E-state index in [0.29, 0.717) is 13.0 Å². The maximum atomic E-state index is 12.7. The van der Waals surface area contributed by atoms with Crippen LogP contribution in [0.5, 0.6) is 0 Å². The zero-order valence-corrected chi connectivity index (χ0v) is 16.3. The van der Waals surface area contributed by atoms with Crippen molar-refractivity contribution in [3.63, 3.8) is 0 Å². The maximum absolute atomic E-state index is 12.7. The first-order valence-electron chi connectivity index (χ1n) is 8.47. The SMILES string of the molecule is COC(=O)C(O)C(C)(C)C1CCC(C)(C)CN1C(=O)OC(C)(C)C. The molecule has 1 aliphatic rings. The summed E-state index contributed by atoms with van der Waals surface area (Å²) in [5, 5.41) is 10.4. The molecule has 0 spiro atoms. The Morgan fingerprint density at radius 2 is 1.75 bits per heavy atom. The van der Waals surface area contributed by atoms with Crippen molar-refractivity contribution in [1.82, 2.24) is 4.90 Å². The highest BCUT2D eigenvalue weighted by molar-refractivity contribution is 5.76. The number of nitrogens with zero attached hydrogens (tertiary/aromatic N) is 1. The fourth-order valence-corrected chi connectivity index (χ4v) is 3.22. The van der Waals surface area contributed by atoms with Gasteiger partial charge in [-0.05, 0) is 39.0 Å². The fourth-order valence-electron chi connectivity index (χ4n) is 3.22. The summed E-state index contributed by atoms with van der Waals surface area (Å²) in [6, 6.07) is -0.311. The second-order valence-electron chi connectivity index (χ2n) is 9.07. The minimum Gasteiger partial charge on any atom is -0.467 e. The lowest BCUT2D eigenvalue weighted by molar-refractivity contribution is -0.161. The van der Waals surface area contributed by atoms with Crippen molar-refractivity contribution in [3.8, 4) is 0 Å². The molecule has 1 rings (SSSR count). The minimum atomic E-state index is -1.31. The van der Waals surface area contributed by atoms with Crippen LogP contribution in [0.15, 0.2) is 0 Å². The van der Waals surface area contributed by atoms with E-state index in [1.54, 1.807) is 18.7 Å². The van der Waals surface area contributed by atoms with Crippen LogP contribution in [0.1, 0.15) is 61.3 Å². The Hall–Kier alpha value is -1.30. The summed E-state index contributed by atoms with van der Waals surface area (Å²) < 4.78 is 10.2. The molecule has 6 nitrogen and oxygen atoms in total. The summed E-state index contributed by atoms with van der Waals surface area (Å²) in [5.74, 6) is -0.686. The van der Waals surface area contributed by atoms with Crippen LogP contribution in [-0.2, 0) is 14.3 Å². The molecule has 0 bridgehead atoms. The lowest BCUT2D eigenvalue weighted by Gasteiger charge is -2.50. The summed E-state index contributed by atoms with van der Waals surface area (Å²) >= 11 is 0. The van der Waals surface area contributed by atoms with E-state index >= 15 is 0 Å². The Balaban J connectivity index is 3.12. The summed E-state index contributed by atoms with van der Waals surface area (Å²) in [4.78, 5) is 26.2. The number of esters is 1. The Kier molecular flexibility index (Phi) is 5.97. The highest BCUT2D eigenvalue weighted by atomic mass is 16.6. The number of carbonyl (C=O) groups is 2. The number of aliphatic hydroxyl groups is 1. The quantitative estimate of drug-likeness (QED) is 0.797. The van der Waals surface area contributed by atoms with Crippen LogP contribution in [-0.4, -0.2) is 53.5 Å². The van der Waals surface area contributed by atoms with Gasteiger partial charge >= 0.3 is 12.1 Å². The lowest BCUT2D eigenvalue weighted by atomic mass is 9.70. The molecule has 1 N–H and O–H groups in total. The molecule has 1 saturated heterocycles. The predicted octanol–water partition coefficient (Wildman–Crippen LogP) is 2.97. The third-order valence-electron chi connectivity index (χ3n) is 4.69. The molecule has 0 aromatic heterocycles. The maximum Gasteiger partial charge on any atom is 0.410 e. The highest BCUT2D eigenvalue weighted by Crippen LogP contribution is 2.41. The van der Waals surface area contributed by atoms with E-state index < -0.39 is 29.2 Å². The fraction of sp³-hybridized carbons (Fsp3) is 0.889. The first-order chi connectivity index (χ1) is 10.7. The average molecular weight is 343 g/mol. The number of ether oxygens (including phenoxy) is 2. The second kappa shape index (κ2) is 6.90. The first kappa shape index (κ1) is 20.7. The largest absolute Gasteiger partial charge is 0.467 e. The Labute approximate surface area is 145 Å². The van der Waals surface area contributed by atoms with Crippen LogP contribution in [0.3, 0.4) is 0 Å². The number of aliphatic hydroxyl groups excluding tert-OH is 1. The van der Waals surface area contributed by atoms with Gasteiger partial charge in [0.05, 0.1) is 7.11 Å². The highest BCUT2D eigenvalue weighted by Gasteiger charge is 2.49. The van der Waals surface area contributed by atoms with Gasteiger partial charge in [-0.1, -0.05) is 27.7 Å². The zero-order chi connectivity index (χ0) is 18.9. The van der Waals surface area contributed by atoms with Gasteiger partial charge in [0.2, 0.25) is 0 Å². The van der Waals surface area contributed by atoms with Crippen molar-refractivity contribution in [2.75, 3.05) is 13.7 Å². The topological polar surface area (TPSA) is 76.1 Å². The molecule has 140 valence electrons. The molecule has 2 unspecified atom stereocenters. The molecule has 0 aromatic rings. The molecule has 2 atom stereocenters. The van der Waals surface area contributed by atoms with Gasteiger partial charge in [0.1, 0.15) is 5.60 Å². The molecular formula is C18H33NO5. The van der Waals surface area contributed by atoms with Gasteiger partial charge in [0, 0.05) is 18.0 Å². The molecule has 0 aliphatic carbocycles. The third-order valence-corrected chi connectivity index (χ3v) is 4.69. The van der Waals surface area contributed by atoms with Crippen molar-refractivity contribution in [2.45, 2.75) is 79.1 Å². The van der Waals surface area contributed by atoms with E-state index in [1.807, 2.05) is 20.8 Å². The van der Waals surface area contributed by atoms with E-state index in [2.05, 4.69) is 18.6 Å². The Morgan fingerprint density at radius 1 is 1.21 bits per heavy atom. The van der Waals surface area contributed by atoms with Crippen LogP contribution >= 0.6 is 0 Å². The second-order valence-corrected chi connectivity index (χ2v) is 9.07. The normalized spacial score (nSPS) is 22.7. The monoisotopic (exact) mass is 343 g/mol. The number of hydrogen-bond acceptors (Lipinski definition) is 5. The number of likely N-dealkylation sites (tertiary alicyclic amines) is 1. The Bertz CT molecular complexity index is 478. The molecule has 1 aliphatic heterocycles. The van der Waals surface area contributed by atoms with Crippen LogP contribution in [0.4, 0.5) is 4.79 Å². The molecule has 0 aromatic carbocycles. The van der Waals surface area contributed by atoms with E-state index in [4.69, 9.17) is 4.74 Å². The standard InChI is InChI=1S/C18H33NO5/c1-16(2,3)24-15(22)19-11-17(4,5)10-9-12(19)18(6,7)13(20)14(21)23-8/h12-13,20H,9-11H2,1-8H3. The smallest absolute Gasteiger partial charge is 0.410 e. The molecular weight excluding hydrogens is 310 g/mol. The molecule has 0 radical (unpaired) electrons. The molecule has 24 heavy (non-hydrogen) atoms. The zero-order valence-electron chi connectivity index (χ0n) is 16.3. The third kappa shape index (κ3) is 4.85. The van der Waals surface area contributed by atoms with E-state index in [0.717, 1.165) is 6.42 Å². The number of rotatable bonds is 3. The summed E-state index contributed by atoms with van der Waals surface area (Å²) in [6.07, 6.45) is -0.134. The molecule has 1 fully saturated rings. The van der Waals surface area contributed by atoms with Gasteiger partial charge in [-0.2, -0.15) is 0 Å². The van der Waals surface area contributed by atoms with Crippen molar-refractivity contribution in [1.29, 1.82) is 0 Å². The van der Waals surface area contributed by atoms with Gasteiger partial charge in [-0.15, -0.1) is 0 Å². The van der Waals surface area contributed by atoms with E-state index in [9.17, 15) is 14.7 Å². The Morgan fingerprint density at radius 3 is 2.21 bits per heavy atom. The number of carbonyl (C=O) groups excluding carboxylic acids is 2. The van der Waals surface area contributed by atoms with E-state index in [1.165, 1.54) is 7.11 Å². The minimum absolute atomic E-state index is 0.0420. The van der Waals surface area contributed by atoms with Crippen molar-refractivity contribution < 1.29 is 24.2 Å². The van der Waals surface area contributed by atoms with Crippen molar-refractivity contribution in [3.05, 3.63) is 0 Å². The predicted molar refractivity (Wildman–Crippen MR) is 91.5 cm³/mol. The van der Waals surface area contributed by atoms with Gasteiger partial charge in [-0.25, -0.2) is 9.59 Å². The number of amides is 1. The van der Waals surface area contributed by atoms with Gasteiger partial charge in [-0.3, -0.25) is 0 Å². The number of hydrogen-bond donors (Lipinski definition) is 1. The number of piperidine rings is 1. The van der Waals surface area contributed by atoms with E-state index in [-0.39, 0.29) is 11.5 Å². The van der Waals surface area contributed by atoms with Crippen LogP contribution in [0.25, 0.3) is 0 Å². The van der Waals surface area contributed by atoms with Gasteiger partial charge < -0.3 is 19.5 Å². The first-order valence-corrected chi connectivity index (χ1v) is 8.47. The van der Waals surface area contributed by atoms with Gasteiger partial charge in [0.25, 0.3) is 0 Å². The molecule has 0 saturated carbocycles. The van der Waals surface area contributed by atoms with Crippen molar-refractivity contribution >= 4 is 12.1 Å². The van der Waals surface area contributed by atoms with Crippen LogP contribution in [0.2, 0.25) is 0 Å². The van der Waals surface area contributed by atoms with Gasteiger partial charge in [0.15, 0.2) is 6.10 Å². The van der Waals surface area contributed by atoms with Crippen molar-refractivity contribution in [2.24, 2.45) is 10.8 Å². The molecule has 6 heteroatoms. The van der Waals surface area contributed by atoms with Crippen LogP contribution in [0, 0.1) is 10.8 Å². The molecule has 1 amide bonds. The summed E-state index contributed by atoms with van der Waals surface area (Å²) in [6.45, 7) is 13.8. The molecule has 1 heterocycles. The van der Waals surface area contributed by atoms with Crippen LogP contribution < -0.4 is 0 Å². The average Bonchev–Trinajstić information content (AvgIpc) is 2.42.